The first-order valence-electron chi connectivity index (χ1n) is 8.24. The molecule has 0 atom stereocenters. The molecule has 0 aromatic rings. The molecular formula is C15H32N2O2S. The zero-order valence-corrected chi connectivity index (χ0v) is 14.2. The third-order valence-corrected chi connectivity index (χ3v) is 6.20. The lowest BCUT2D eigenvalue weighted by Gasteiger charge is -2.24. The maximum atomic E-state index is 12.3. The van der Waals surface area contributed by atoms with Gasteiger partial charge in [0, 0.05) is 19.1 Å². The Morgan fingerprint density at radius 3 is 2.30 bits per heavy atom. The monoisotopic (exact) mass is 304 g/mol. The SMILES string of the molecule is CCC(CC)CN(CC)S(=O)(=O)CCCCNC1CC1. The van der Waals surface area contributed by atoms with Crippen molar-refractivity contribution < 1.29 is 8.42 Å². The van der Waals surface area contributed by atoms with E-state index in [0.717, 1.165) is 32.2 Å². The van der Waals surface area contributed by atoms with Crippen LogP contribution in [0.2, 0.25) is 0 Å². The van der Waals surface area contributed by atoms with Gasteiger partial charge in [0.15, 0.2) is 0 Å². The predicted octanol–water partition coefficient (Wildman–Crippen LogP) is 2.61. The molecular weight excluding hydrogens is 272 g/mol. The summed E-state index contributed by atoms with van der Waals surface area (Å²) in [5, 5.41) is 3.43. The van der Waals surface area contributed by atoms with E-state index in [4.69, 9.17) is 0 Å². The number of rotatable bonds is 12. The molecule has 1 saturated carbocycles. The maximum absolute atomic E-state index is 12.3. The van der Waals surface area contributed by atoms with Gasteiger partial charge in [0.2, 0.25) is 10.0 Å². The fourth-order valence-corrected chi connectivity index (χ4v) is 4.06. The third kappa shape index (κ3) is 6.55. The molecule has 0 radical (unpaired) electrons. The fraction of sp³-hybridized carbons (Fsp3) is 1.00. The normalized spacial score (nSPS) is 16.2. The molecule has 0 bridgehead atoms. The Hall–Kier alpha value is -0.130. The summed E-state index contributed by atoms with van der Waals surface area (Å²) in [5.74, 6) is 0.786. The minimum Gasteiger partial charge on any atom is -0.314 e. The second kappa shape index (κ2) is 9.00. The van der Waals surface area contributed by atoms with Gasteiger partial charge in [-0.15, -0.1) is 0 Å². The van der Waals surface area contributed by atoms with Crippen molar-refractivity contribution in [3.63, 3.8) is 0 Å². The van der Waals surface area contributed by atoms with Crippen molar-refractivity contribution in [1.29, 1.82) is 0 Å². The highest BCUT2D eigenvalue weighted by molar-refractivity contribution is 7.89. The van der Waals surface area contributed by atoms with Crippen LogP contribution in [0, 0.1) is 5.92 Å². The standard InChI is InChI=1S/C15H32N2O2S/c1-4-14(5-2)13-17(6-3)20(18,19)12-8-7-11-16-15-9-10-15/h14-16H,4-13H2,1-3H3. The van der Waals surface area contributed by atoms with Gasteiger partial charge in [0.25, 0.3) is 0 Å². The summed E-state index contributed by atoms with van der Waals surface area (Å²) < 4.78 is 26.4. The molecule has 1 aliphatic rings. The number of unbranched alkanes of at least 4 members (excludes halogenated alkanes) is 1. The molecule has 0 spiro atoms. The lowest BCUT2D eigenvalue weighted by Crippen LogP contribution is -2.36. The molecule has 4 nitrogen and oxygen atoms in total. The molecule has 20 heavy (non-hydrogen) atoms. The van der Waals surface area contributed by atoms with Gasteiger partial charge in [-0.3, -0.25) is 0 Å². The Balaban J connectivity index is 2.30. The third-order valence-electron chi connectivity index (χ3n) is 4.20. The van der Waals surface area contributed by atoms with E-state index in [0.29, 0.717) is 30.8 Å². The summed E-state index contributed by atoms with van der Waals surface area (Å²) in [6.45, 7) is 8.45. The van der Waals surface area contributed by atoms with E-state index < -0.39 is 10.0 Å². The Kier molecular flexibility index (Phi) is 8.07. The molecule has 1 fully saturated rings. The highest BCUT2D eigenvalue weighted by atomic mass is 32.2. The zero-order valence-electron chi connectivity index (χ0n) is 13.4. The quantitative estimate of drug-likeness (QED) is 0.564. The van der Waals surface area contributed by atoms with Crippen LogP contribution < -0.4 is 5.32 Å². The zero-order chi connectivity index (χ0) is 15.0. The summed E-state index contributed by atoms with van der Waals surface area (Å²) >= 11 is 0. The molecule has 0 saturated heterocycles. The number of hydrogen-bond donors (Lipinski definition) is 1. The van der Waals surface area contributed by atoms with E-state index in [1.54, 1.807) is 4.31 Å². The second-order valence-electron chi connectivity index (χ2n) is 5.88. The largest absolute Gasteiger partial charge is 0.314 e. The average Bonchev–Trinajstić information content (AvgIpc) is 3.23. The van der Waals surface area contributed by atoms with Crippen molar-refractivity contribution in [2.75, 3.05) is 25.4 Å². The predicted molar refractivity (Wildman–Crippen MR) is 85.4 cm³/mol. The summed E-state index contributed by atoms with van der Waals surface area (Å²) in [4.78, 5) is 0. The highest BCUT2D eigenvalue weighted by Gasteiger charge is 2.23. The number of hydrogen-bond acceptors (Lipinski definition) is 3. The Morgan fingerprint density at radius 1 is 1.15 bits per heavy atom. The molecule has 1 aliphatic carbocycles. The molecule has 5 heteroatoms. The highest BCUT2D eigenvalue weighted by Crippen LogP contribution is 2.18. The minimum atomic E-state index is -3.07. The van der Waals surface area contributed by atoms with Crippen molar-refractivity contribution >= 4 is 10.0 Å². The average molecular weight is 304 g/mol. The van der Waals surface area contributed by atoms with Gasteiger partial charge in [-0.25, -0.2) is 12.7 Å². The number of nitrogens with zero attached hydrogens (tertiary/aromatic N) is 1. The summed E-state index contributed by atoms with van der Waals surface area (Å²) in [6.07, 6.45) is 6.40. The number of nitrogens with one attached hydrogen (secondary N) is 1. The van der Waals surface area contributed by atoms with E-state index in [1.807, 2.05) is 6.92 Å². The van der Waals surface area contributed by atoms with Crippen LogP contribution in [0.4, 0.5) is 0 Å². The van der Waals surface area contributed by atoms with Crippen molar-refractivity contribution in [3.05, 3.63) is 0 Å². The van der Waals surface area contributed by atoms with Crippen LogP contribution in [-0.4, -0.2) is 44.2 Å². The maximum Gasteiger partial charge on any atom is 0.214 e. The van der Waals surface area contributed by atoms with Crippen LogP contribution in [-0.2, 0) is 10.0 Å². The summed E-state index contributed by atoms with van der Waals surface area (Å²) in [6, 6.07) is 0.716. The lowest BCUT2D eigenvalue weighted by atomic mass is 10.0. The first-order valence-corrected chi connectivity index (χ1v) is 9.85. The van der Waals surface area contributed by atoms with Crippen LogP contribution in [0.1, 0.15) is 59.3 Å². The van der Waals surface area contributed by atoms with Crippen molar-refractivity contribution in [2.45, 2.75) is 65.3 Å². The molecule has 1 rings (SSSR count). The van der Waals surface area contributed by atoms with Gasteiger partial charge < -0.3 is 5.32 Å². The molecule has 0 aliphatic heterocycles. The van der Waals surface area contributed by atoms with Gasteiger partial charge >= 0.3 is 0 Å². The Labute approximate surface area is 125 Å². The van der Waals surface area contributed by atoms with Crippen molar-refractivity contribution in [3.8, 4) is 0 Å². The number of sulfonamides is 1. The van der Waals surface area contributed by atoms with Crippen LogP contribution in [0.5, 0.6) is 0 Å². The first kappa shape index (κ1) is 17.9. The molecule has 0 amide bonds. The second-order valence-corrected chi connectivity index (χ2v) is 7.97. The van der Waals surface area contributed by atoms with Gasteiger partial charge in [-0.2, -0.15) is 0 Å². The van der Waals surface area contributed by atoms with E-state index in [2.05, 4.69) is 19.2 Å². The van der Waals surface area contributed by atoms with E-state index in [-0.39, 0.29) is 0 Å². The van der Waals surface area contributed by atoms with E-state index in [9.17, 15) is 8.42 Å². The van der Waals surface area contributed by atoms with Crippen LogP contribution >= 0.6 is 0 Å². The van der Waals surface area contributed by atoms with Crippen LogP contribution in [0.15, 0.2) is 0 Å². The first-order chi connectivity index (χ1) is 9.53. The Morgan fingerprint density at radius 2 is 1.80 bits per heavy atom. The van der Waals surface area contributed by atoms with Gasteiger partial charge in [0.05, 0.1) is 5.75 Å². The van der Waals surface area contributed by atoms with Crippen molar-refractivity contribution in [1.82, 2.24) is 9.62 Å². The lowest BCUT2D eigenvalue weighted by molar-refractivity contribution is 0.338. The molecule has 0 unspecified atom stereocenters. The fourth-order valence-electron chi connectivity index (χ4n) is 2.41. The van der Waals surface area contributed by atoms with E-state index >= 15 is 0 Å². The molecule has 0 heterocycles. The van der Waals surface area contributed by atoms with Crippen molar-refractivity contribution in [2.24, 2.45) is 5.92 Å². The summed E-state index contributed by atoms with van der Waals surface area (Å²) in [5.41, 5.74) is 0. The molecule has 1 N–H and O–H groups in total. The summed E-state index contributed by atoms with van der Waals surface area (Å²) in [7, 11) is -3.07. The smallest absolute Gasteiger partial charge is 0.214 e. The van der Waals surface area contributed by atoms with Gasteiger partial charge in [-0.05, 0) is 38.1 Å². The molecule has 120 valence electrons. The minimum absolute atomic E-state index is 0.299. The van der Waals surface area contributed by atoms with Gasteiger partial charge in [0.1, 0.15) is 0 Å². The molecule has 0 aromatic heterocycles. The van der Waals surface area contributed by atoms with E-state index in [1.165, 1.54) is 12.8 Å². The Bertz CT molecular complexity index is 349. The van der Waals surface area contributed by atoms with Crippen LogP contribution in [0.25, 0.3) is 0 Å². The van der Waals surface area contributed by atoms with Gasteiger partial charge in [-0.1, -0.05) is 33.6 Å². The van der Waals surface area contributed by atoms with Crippen LogP contribution in [0.3, 0.4) is 0 Å². The topological polar surface area (TPSA) is 49.4 Å². The molecule has 0 aromatic carbocycles.